The van der Waals surface area contributed by atoms with Gasteiger partial charge in [-0.15, -0.1) is 0 Å². The Labute approximate surface area is 138 Å². The fraction of sp³-hybridized carbons (Fsp3) is 0.368. The molecule has 0 atom stereocenters. The van der Waals surface area contributed by atoms with Crippen molar-refractivity contribution in [3.05, 3.63) is 53.9 Å². The summed E-state index contributed by atoms with van der Waals surface area (Å²) < 4.78 is 0. The van der Waals surface area contributed by atoms with Gasteiger partial charge in [0.1, 0.15) is 0 Å². The summed E-state index contributed by atoms with van der Waals surface area (Å²) in [5, 5.41) is 2.93. The van der Waals surface area contributed by atoms with Crippen LogP contribution in [-0.4, -0.2) is 23.0 Å². The quantitative estimate of drug-likeness (QED) is 0.860. The van der Waals surface area contributed by atoms with Gasteiger partial charge in [-0.25, -0.2) is 0 Å². The molecule has 2 aromatic rings. The van der Waals surface area contributed by atoms with Crippen molar-refractivity contribution >= 4 is 5.91 Å². The van der Waals surface area contributed by atoms with Crippen molar-refractivity contribution in [2.75, 3.05) is 6.54 Å². The van der Waals surface area contributed by atoms with Gasteiger partial charge in [0.2, 0.25) is 0 Å². The minimum atomic E-state index is -0.350. The van der Waals surface area contributed by atoms with E-state index in [9.17, 15) is 4.79 Å². The van der Waals surface area contributed by atoms with Crippen LogP contribution in [0.5, 0.6) is 0 Å². The molecule has 1 aromatic carbocycles. The zero-order valence-electron chi connectivity index (χ0n) is 14.1. The van der Waals surface area contributed by atoms with Gasteiger partial charge in [-0.3, -0.25) is 9.78 Å². The Kier molecular flexibility index (Phi) is 5.50. The molecule has 0 spiro atoms. The normalized spacial score (nSPS) is 11.3. The molecule has 1 aromatic heterocycles. The lowest BCUT2D eigenvalue weighted by Crippen LogP contribution is -2.49. The second-order valence-electron chi connectivity index (χ2n) is 6.08. The summed E-state index contributed by atoms with van der Waals surface area (Å²) in [5.41, 5.74) is 9.62. The van der Waals surface area contributed by atoms with Crippen LogP contribution in [-0.2, 0) is 0 Å². The fourth-order valence-electron chi connectivity index (χ4n) is 2.33. The molecule has 2 rings (SSSR count). The van der Waals surface area contributed by atoms with Gasteiger partial charge in [0.05, 0.1) is 5.56 Å². The van der Waals surface area contributed by atoms with Crippen molar-refractivity contribution < 1.29 is 4.79 Å². The molecule has 0 aliphatic heterocycles. The van der Waals surface area contributed by atoms with Crippen LogP contribution in [0.15, 0.2) is 42.7 Å². The lowest BCUT2D eigenvalue weighted by molar-refractivity contribution is 0.0942. The van der Waals surface area contributed by atoms with E-state index in [1.807, 2.05) is 51.1 Å². The maximum absolute atomic E-state index is 12.4. The highest BCUT2D eigenvalue weighted by Gasteiger charge is 2.21. The van der Waals surface area contributed by atoms with Crippen LogP contribution in [0.25, 0.3) is 11.1 Å². The average molecular weight is 311 g/mol. The highest BCUT2D eigenvalue weighted by molar-refractivity contribution is 5.95. The number of nitrogens with two attached hydrogens (primary N) is 1. The molecular formula is C19H25N3O. The summed E-state index contributed by atoms with van der Waals surface area (Å²) in [6.07, 6.45) is 5.01. The van der Waals surface area contributed by atoms with E-state index >= 15 is 0 Å². The van der Waals surface area contributed by atoms with Crippen molar-refractivity contribution in [2.24, 2.45) is 5.73 Å². The van der Waals surface area contributed by atoms with Crippen LogP contribution in [0.4, 0.5) is 0 Å². The highest BCUT2D eigenvalue weighted by Crippen LogP contribution is 2.20. The van der Waals surface area contributed by atoms with E-state index in [-0.39, 0.29) is 11.4 Å². The number of nitrogens with zero attached hydrogens (tertiary/aromatic N) is 1. The van der Waals surface area contributed by atoms with Gasteiger partial charge in [-0.05, 0) is 31.4 Å². The number of pyridine rings is 1. The molecule has 3 N–H and O–H groups in total. The van der Waals surface area contributed by atoms with Crippen molar-refractivity contribution in [2.45, 2.75) is 39.2 Å². The molecule has 1 amide bonds. The van der Waals surface area contributed by atoms with Crippen molar-refractivity contribution in [3.63, 3.8) is 0 Å². The lowest BCUT2D eigenvalue weighted by Gasteiger charge is -2.26. The largest absolute Gasteiger partial charge is 0.350 e. The number of nitrogens with one attached hydrogen (secondary N) is 1. The van der Waals surface area contributed by atoms with E-state index < -0.39 is 0 Å². The summed E-state index contributed by atoms with van der Waals surface area (Å²) in [7, 11) is 0. The van der Waals surface area contributed by atoms with E-state index in [4.69, 9.17) is 5.73 Å². The van der Waals surface area contributed by atoms with Gasteiger partial charge in [0.25, 0.3) is 5.91 Å². The second-order valence-corrected chi connectivity index (χ2v) is 6.08. The first-order valence-electron chi connectivity index (χ1n) is 8.06. The predicted molar refractivity (Wildman–Crippen MR) is 94.2 cm³/mol. The summed E-state index contributed by atoms with van der Waals surface area (Å²) in [6, 6.07) is 10.0. The number of amides is 1. The van der Waals surface area contributed by atoms with E-state index in [1.165, 1.54) is 5.56 Å². The Morgan fingerprint density at radius 3 is 2.39 bits per heavy atom. The number of hydrogen-bond donors (Lipinski definition) is 2. The smallest absolute Gasteiger partial charge is 0.252 e. The first-order chi connectivity index (χ1) is 11.0. The number of carbonyl (C=O) groups excluding carboxylic acids is 1. The fourth-order valence-corrected chi connectivity index (χ4v) is 2.33. The van der Waals surface area contributed by atoms with Crippen molar-refractivity contribution in [1.29, 1.82) is 0 Å². The number of rotatable bonds is 6. The number of benzene rings is 1. The average Bonchev–Trinajstić information content (AvgIpc) is 2.60. The summed E-state index contributed by atoms with van der Waals surface area (Å²) >= 11 is 0. The van der Waals surface area contributed by atoms with Crippen molar-refractivity contribution in [3.8, 4) is 11.1 Å². The molecule has 23 heavy (non-hydrogen) atoms. The molecule has 122 valence electrons. The number of aryl methyl sites for hydroxylation is 1. The third-order valence-electron chi connectivity index (χ3n) is 4.39. The third kappa shape index (κ3) is 4.39. The summed E-state index contributed by atoms with van der Waals surface area (Å²) in [5.74, 6) is -0.136. The Bertz CT molecular complexity index is 661. The van der Waals surface area contributed by atoms with Crippen LogP contribution in [0, 0.1) is 6.92 Å². The molecule has 0 fully saturated rings. The van der Waals surface area contributed by atoms with Crippen LogP contribution in [0.2, 0.25) is 0 Å². The van der Waals surface area contributed by atoms with Gasteiger partial charge in [0, 0.05) is 30.0 Å². The maximum Gasteiger partial charge on any atom is 0.252 e. The predicted octanol–water partition coefficient (Wildman–Crippen LogP) is 3.30. The Hall–Kier alpha value is -2.20. The molecular weight excluding hydrogens is 286 g/mol. The Morgan fingerprint density at radius 2 is 1.78 bits per heavy atom. The minimum Gasteiger partial charge on any atom is -0.350 e. The first-order valence-corrected chi connectivity index (χ1v) is 8.06. The van der Waals surface area contributed by atoms with Crippen LogP contribution < -0.4 is 11.1 Å². The zero-order valence-corrected chi connectivity index (χ0v) is 14.1. The number of aromatic nitrogens is 1. The van der Waals surface area contributed by atoms with E-state index in [2.05, 4.69) is 10.3 Å². The molecule has 0 aliphatic rings. The highest BCUT2D eigenvalue weighted by atomic mass is 16.1. The summed E-state index contributed by atoms with van der Waals surface area (Å²) in [6.45, 7) is 6.59. The van der Waals surface area contributed by atoms with Crippen molar-refractivity contribution in [1.82, 2.24) is 10.3 Å². The summed E-state index contributed by atoms with van der Waals surface area (Å²) in [4.78, 5) is 16.6. The van der Waals surface area contributed by atoms with Gasteiger partial charge >= 0.3 is 0 Å². The third-order valence-corrected chi connectivity index (χ3v) is 4.39. The standard InChI is InChI=1S/C19H25N3O/c1-4-19(20,5-2)13-22-18(23)17-10-16(11-21-12-17)15-8-6-14(3)7-9-15/h6-12H,4-5,13,20H2,1-3H3,(H,22,23). The van der Waals surface area contributed by atoms with Gasteiger partial charge in [-0.2, -0.15) is 0 Å². The van der Waals surface area contributed by atoms with Gasteiger partial charge in [0.15, 0.2) is 0 Å². The molecule has 0 bridgehead atoms. The topological polar surface area (TPSA) is 68.0 Å². The van der Waals surface area contributed by atoms with E-state index in [0.29, 0.717) is 12.1 Å². The number of hydrogen-bond acceptors (Lipinski definition) is 3. The SMILES string of the molecule is CCC(N)(CC)CNC(=O)c1cncc(-c2ccc(C)cc2)c1. The Morgan fingerprint density at radius 1 is 1.13 bits per heavy atom. The van der Waals surface area contributed by atoms with E-state index in [0.717, 1.165) is 24.0 Å². The van der Waals surface area contributed by atoms with Gasteiger partial charge in [-0.1, -0.05) is 43.7 Å². The number of carbonyl (C=O) groups is 1. The molecule has 0 unspecified atom stereocenters. The molecule has 0 radical (unpaired) electrons. The molecule has 1 heterocycles. The lowest BCUT2D eigenvalue weighted by atomic mass is 9.94. The van der Waals surface area contributed by atoms with Crippen LogP contribution in [0.3, 0.4) is 0 Å². The van der Waals surface area contributed by atoms with E-state index in [1.54, 1.807) is 12.4 Å². The van der Waals surface area contributed by atoms with Gasteiger partial charge < -0.3 is 11.1 Å². The maximum atomic E-state index is 12.4. The van der Waals surface area contributed by atoms with Crippen LogP contribution in [0.1, 0.15) is 42.6 Å². The first kappa shape index (κ1) is 17.2. The molecule has 0 saturated carbocycles. The minimum absolute atomic E-state index is 0.136. The van der Waals surface area contributed by atoms with Crippen LogP contribution >= 0.6 is 0 Å². The molecule has 0 aliphatic carbocycles. The molecule has 4 heteroatoms. The Balaban J connectivity index is 2.13. The molecule has 0 saturated heterocycles. The monoisotopic (exact) mass is 311 g/mol. The zero-order chi connectivity index (χ0) is 16.9. The molecule has 4 nitrogen and oxygen atoms in total. The second kappa shape index (κ2) is 7.38.